The number of hydrogen-bond donors (Lipinski definition) is 1. The van der Waals surface area contributed by atoms with E-state index in [0.29, 0.717) is 18.3 Å². The summed E-state index contributed by atoms with van der Waals surface area (Å²) in [5.74, 6) is 1.59. The van der Waals surface area contributed by atoms with Crippen LogP contribution >= 0.6 is 0 Å². The fourth-order valence-corrected chi connectivity index (χ4v) is 2.67. The largest absolute Gasteiger partial charge is 0.480 e. The molecule has 0 radical (unpaired) electrons. The van der Waals surface area contributed by atoms with Crippen LogP contribution < -0.4 is 10.1 Å². The normalized spacial score (nSPS) is 12.8. The Morgan fingerprint density at radius 1 is 1.14 bits per heavy atom. The van der Waals surface area contributed by atoms with Gasteiger partial charge in [0.2, 0.25) is 0 Å². The van der Waals surface area contributed by atoms with Crippen molar-refractivity contribution in [2.75, 3.05) is 0 Å². The predicted molar refractivity (Wildman–Crippen MR) is 92.2 cm³/mol. The van der Waals surface area contributed by atoms with Gasteiger partial charge in [0.25, 0.3) is 5.91 Å². The Bertz CT molecular complexity index is 486. The van der Waals surface area contributed by atoms with Crippen LogP contribution in [0.1, 0.15) is 52.2 Å². The Labute approximate surface area is 135 Å². The first-order valence-electron chi connectivity index (χ1n) is 8.30. The molecule has 0 fully saturated rings. The number of ether oxygens (including phenoxy) is 1. The zero-order valence-corrected chi connectivity index (χ0v) is 15.1. The van der Waals surface area contributed by atoms with Crippen molar-refractivity contribution < 1.29 is 9.53 Å². The molecule has 1 atom stereocenters. The number of carbonyl (C=O) groups excluding carboxylic acids is 1. The van der Waals surface area contributed by atoms with E-state index in [0.717, 1.165) is 16.9 Å². The van der Waals surface area contributed by atoms with Gasteiger partial charge in [0.05, 0.1) is 0 Å². The first kappa shape index (κ1) is 18.5. The Balaban J connectivity index is 2.82. The molecule has 0 unspecified atom stereocenters. The predicted octanol–water partition coefficient (Wildman–Crippen LogP) is 4.26. The van der Waals surface area contributed by atoms with E-state index < -0.39 is 6.10 Å². The van der Waals surface area contributed by atoms with Crippen LogP contribution in [0, 0.1) is 25.7 Å². The average molecular weight is 305 g/mol. The second-order valence-electron chi connectivity index (χ2n) is 6.81. The van der Waals surface area contributed by atoms with Crippen molar-refractivity contribution in [3.8, 4) is 5.75 Å². The second kappa shape index (κ2) is 8.21. The number of amides is 1. The van der Waals surface area contributed by atoms with Gasteiger partial charge >= 0.3 is 0 Å². The molecule has 1 amide bonds. The van der Waals surface area contributed by atoms with Crippen molar-refractivity contribution in [1.29, 1.82) is 0 Å². The van der Waals surface area contributed by atoms with E-state index in [4.69, 9.17) is 4.74 Å². The summed E-state index contributed by atoms with van der Waals surface area (Å²) in [6.07, 6.45) is 0.211. The number of rotatable bonds is 7. The van der Waals surface area contributed by atoms with E-state index in [2.05, 4.69) is 39.1 Å². The van der Waals surface area contributed by atoms with Crippen LogP contribution in [0.25, 0.3) is 0 Å². The smallest absolute Gasteiger partial charge is 0.261 e. The first-order valence-corrected chi connectivity index (χ1v) is 8.30. The minimum Gasteiger partial charge on any atom is -0.480 e. The maximum atomic E-state index is 12.6. The van der Waals surface area contributed by atoms with E-state index in [1.54, 1.807) is 0 Å². The van der Waals surface area contributed by atoms with E-state index in [-0.39, 0.29) is 11.9 Å². The van der Waals surface area contributed by atoms with Crippen LogP contribution in [0.3, 0.4) is 0 Å². The standard InChI is InChI=1S/C19H31NO2/c1-8-16(19(21)20-18(12(2)3)13(4)5)22-17-11-14(6)9-10-15(17)7/h9-13,16,18H,8H2,1-7H3,(H,20,21)/t16-/m1/s1. The van der Waals surface area contributed by atoms with Crippen LogP contribution in [0.4, 0.5) is 0 Å². The van der Waals surface area contributed by atoms with Gasteiger partial charge in [0, 0.05) is 6.04 Å². The van der Waals surface area contributed by atoms with Gasteiger partial charge in [-0.2, -0.15) is 0 Å². The first-order chi connectivity index (χ1) is 10.3. The summed E-state index contributed by atoms with van der Waals surface area (Å²) in [6, 6.07) is 6.24. The highest BCUT2D eigenvalue weighted by Gasteiger charge is 2.25. The van der Waals surface area contributed by atoms with Crippen molar-refractivity contribution in [3.05, 3.63) is 29.3 Å². The molecule has 1 N–H and O–H groups in total. The van der Waals surface area contributed by atoms with Crippen molar-refractivity contribution in [2.24, 2.45) is 11.8 Å². The van der Waals surface area contributed by atoms with Crippen molar-refractivity contribution in [1.82, 2.24) is 5.32 Å². The minimum absolute atomic E-state index is 0.0178. The molecule has 124 valence electrons. The molecular formula is C19H31NO2. The highest BCUT2D eigenvalue weighted by atomic mass is 16.5. The van der Waals surface area contributed by atoms with Gasteiger partial charge in [-0.25, -0.2) is 0 Å². The van der Waals surface area contributed by atoms with Crippen LogP contribution in [0.15, 0.2) is 18.2 Å². The highest BCUT2D eigenvalue weighted by Crippen LogP contribution is 2.21. The molecule has 3 nitrogen and oxygen atoms in total. The molecule has 0 aliphatic rings. The van der Waals surface area contributed by atoms with Gasteiger partial charge in [-0.15, -0.1) is 0 Å². The lowest BCUT2D eigenvalue weighted by atomic mass is 9.93. The lowest BCUT2D eigenvalue weighted by Gasteiger charge is -2.28. The minimum atomic E-state index is -0.444. The zero-order valence-electron chi connectivity index (χ0n) is 15.1. The Kier molecular flexibility index (Phi) is 6.92. The van der Waals surface area contributed by atoms with E-state index in [1.807, 2.05) is 32.9 Å². The molecule has 0 aliphatic heterocycles. The molecule has 0 aromatic heterocycles. The molecule has 1 rings (SSSR count). The number of aryl methyl sites for hydroxylation is 2. The molecule has 0 bridgehead atoms. The Hall–Kier alpha value is -1.51. The molecule has 0 aliphatic carbocycles. The molecular weight excluding hydrogens is 274 g/mol. The Morgan fingerprint density at radius 3 is 2.23 bits per heavy atom. The maximum Gasteiger partial charge on any atom is 0.261 e. The Morgan fingerprint density at radius 2 is 1.73 bits per heavy atom. The van der Waals surface area contributed by atoms with Gasteiger partial charge in [-0.3, -0.25) is 4.79 Å². The topological polar surface area (TPSA) is 38.3 Å². The summed E-state index contributed by atoms with van der Waals surface area (Å²) in [4.78, 5) is 12.6. The summed E-state index contributed by atoms with van der Waals surface area (Å²) in [7, 11) is 0. The quantitative estimate of drug-likeness (QED) is 0.817. The molecule has 0 saturated heterocycles. The molecule has 1 aromatic rings. The zero-order chi connectivity index (χ0) is 16.9. The summed E-state index contributed by atoms with van der Waals surface area (Å²) in [5, 5.41) is 3.16. The van der Waals surface area contributed by atoms with Crippen LogP contribution in [-0.2, 0) is 4.79 Å². The molecule has 0 heterocycles. The molecule has 1 aromatic carbocycles. The fourth-order valence-electron chi connectivity index (χ4n) is 2.67. The number of hydrogen-bond acceptors (Lipinski definition) is 2. The van der Waals surface area contributed by atoms with Gasteiger partial charge in [0.1, 0.15) is 5.75 Å². The van der Waals surface area contributed by atoms with Crippen LogP contribution in [-0.4, -0.2) is 18.1 Å². The number of nitrogens with one attached hydrogen (secondary N) is 1. The highest BCUT2D eigenvalue weighted by molar-refractivity contribution is 5.81. The average Bonchev–Trinajstić information content (AvgIpc) is 2.44. The van der Waals surface area contributed by atoms with Gasteiger partial charge < -0.3 is 10.1 Å². The summed E-state index contributed by atoms with van der Waals surface area (Å²) >= 11 is 0. The fraction of sp³-hybridized carbons (Fsp3) is 0.632. The monoisotopic (exact) mass is 305 g/mol. The number of carbonyl (C=O) groups is 1. The van der Waals surface area contributed by atoms with E-state index >= 15 is 0 Å². The van der Waals surface area contributed by atoms with Crippen LogP contribution in [0.2, 0.25) is 0 Å². The van der Waals surface area contributed by atoms with Gasteiger partial charge in [0.15, 0.2) is 6.10 Å². The van der Waals surface area contributed by atoms with Crippen molar-refractivity contribution in [2.45, 2.75) is 67.0 Å². The van der Waals surface area contributed by atoms with E-state index in [9.17, 15) is 4.79 Å². The van der Waals surface area contributed by atoms with Gasteiger partial charge in [-0.05, 0) is 49.3 Å². The molecule has 22 heavy (non-hydrogen) atoms. The third kappa shape index (κ3) is 5.04. The number of benzene rings is 1. The molecule has 0 spiro atoms. The third-order valence-corrected chi connectivity index (χ3v) is 4.02. The lowest BCUT2D eigenvalue weighted by Crippen LogP contribution is -2.48. The molecule has 0 saturated carbocycles. The van der Waals surface area contributed by atoms with Crippen molar-refractivity contribution in [3.63, 3.8) is 0 Å². The summed E-state index contributed by atoms with van der Waals surface area (Å²) < 4.78 is 5.99. The van der Waals surface area contributed by atoms with Gasteiger partial charge in [-0.1, -0.05) is 46.8 Å². The maximum absolute atomic E-state index is 12.6. The third-order valence-electron chi connectivity index (χ3n) is 4.02. The molecule has 3 heteroatoms. The van der Waals surface area contributed by atoms with E-state index in [1.165, 1.54) is 0 Å². The van der Waals surface area contributed by atoms with Crippen LogP contribution in [0.5, 0.6) is 5.75 Å². The summed E-state index contributed by atoms with van der Waals surface area (Å²) in [6.45, 7) is 14.6. The van der Waals surface area contributed by atoms with Crippen molar-refractivity contribution >= 4 is 5.91 Å². The SMILES string of the molecule is CC[C@@H](Oc1cc(C)ccc1C)C(=O)NC(C(C)C)C(C)C. The lowest BCUT2D eigenvalue weighted by molar-refractivity contribution is -0.129. The summed E-state index contributed by atoms with van der Waals surface area (Å²) in [5.41, 5.74) is 2.19. The second-order valence-corrected chi connectivity index (χ2v) is 6.81.